The average Bonchev–Trinajstić information content (AvgIpc) is 2.82. The van der Waals surface area contributed by atoms with Crippen LogP contribution in [0.4, 0.5) is 0 Å². The quantitative estimate of drug-likeness (QED) is 0.525. The molecule has 172 valence electrons. The molecule has 1 amide bonds. The molecule has 0 saturated carbocycles. The van der Waals surface area contributed by atoms with Gasteiger partial charge in [0.15, 0.2) is 11.5 Å². The lowest BCUT2D eigenvalue weighted by Gasteiger charge is -2.36. The second-order valence-electron chi connectivity index (χ2n) is 7.89. The third kappa shape index (κ3) is 6.47. The lowest BCUT2D eigenvalue weighted by atomic mass is 10.0. The smallest absolute Gasteiger partial charge is 0.246 e. The second kappa shape index (κ2) is 11.9. The Morgan fingerprint density at radius 1 is 1.31 bits per heavy atom. The Morgan fingerprint density at radius 3 is 2.75 bits per heavy atom. The molecule has 0 atom stereocenters. The summed E-state index contributed by atoms with van der Waals surface area (Å²) < 4.78 is 10.9. The lowest BCUT2D eigenvalue weighted by Crippen LogP contribution is -2.45. The highest BCUT2D eigenvalue weighted by Crippen LogP contribution is 2.36. The highest BCUT2D eigenvalue weighted by Gasteiger charge is 2.24. The summed E-state index contributed by atoms with van der Waals surface area (Å²) in [5.41, 5.74) is 1.92. The van der Waals surface area contributed by atoms with Crippen molar-refractivity contribution in [3.63, 3.8) is 0 Å². The maximum absolute atomic E-state index is 12.8. The fourth-order valence-corrected chi connectivity index (χ4v) is 4.26. The molecule has 0 aliphatic carbocycles. The molecule has 0 N–H and O–H groups in total. The summed E-state index contributed by atoms with van der Waals surface area (Å²) >= 11 is 6.31. The summed E-state index contributed by atoms with van der Waals surface area (Å²) in [6.07, 6.45) is 8.11. The van der Waals surface area contributed by atoms with E-state index in [4.69, 9.17) is 21.1 Å². The predicted octanol–water partition coefficient (Wildman–Crippen LogP) is 4.32. The number of carbonyl (C=O) groups excluding carboxylic acids is 1. The van der Waals surface area contributed by atoms with Crippen LogP contribution in [0.15, 0.2) is 42.6 Å². The van der Waals surface area contributed by atoms with Crippen molar-refractivity contribution in [3.8, 4) is 11.5 Å². The van der Waals surface area contributed by atoms with Gasteiger partial charge in [0.2, 0.25) is 5.91 Å². The lowest BCUT2D eigenvalue weighted by molar-refractivity contribution is -0.127. The molecule has 1 aliphatic rings. The number of benzene rings is 1. The van der Waals surface area contributed by atoms with Crippen molar-refractivity contribution in [1.29, 1.82) is 0 Å². The largest absolute Gasteiger partial charge is 0.491 e. The molecule has 2 aromatic rings. The van der Waals surface area contributed by atoms with Crippen LogP contribution in [0.5, 0.6) is 11.5 Å². The minimum absolute atomic E-state index is 0.0122. The molecular formula is C25H32ClN3O3. The number of likely N-dealkylation sites (N-methyl/N-ethyl adjacent to an activating group) is 1. The van der Waals surface area contributed by atoms with Gasteiger partial charge in [0, 0.05) is 57.1 Å². The van der Waals surface area contributed by atoms with Gasteiger partial charge in [-0.15, -0.1) is 0 Å². The number of rotatable bonds is 9. The van der Waals surface area contributed by atoms with Gasteiger partial charge >= 0.3 is 0 Å². The van der Waals surface area contributed by atoms with Crippen LogP contribution in [0.1, 0.15) is 31.0 Å². The Hall–Kier alpha value is -2.57. The first-order chi connectivity index (χ1) is 15.5. The molecule has 2 heterocycles. The number of ether oxygens (including phenoxy) is 2. The van der Waals surface area contributed by atoms with E-state index in [2.05, 4.69) is 16.0 Å². The Kier molecular flexibility index (Phi) is 8.94. The number of pyridine rings is 1. The van der Waals surface area contributed by atoms with Gasteiger partial charge < -0.3 is 19.3 Å². The van der Waals surface area contributed by atoms with Gasteiger partial charge in [0.05, 0.1) is 18.7 Å². The number of likely N-dealkylation sites (tertiary alicyclic amines) is 1. The number of amides is 1. The van der Waals surface area contributed by atoms with E-state index in [0.717, 1.165) is 50.2 Å². The van der Waals surface area contributed by atoms with Gasteiger partial charge in [-0.3, -0.25) is 9.78 Å². The van der Waals surface area contributed by atoms with E-state index in [1.54, 1.807) is 25.3 Å². The molecule has 0 radical (unpaired) electrons. The van der Waals surface area contributed by atoms with Crippen LogP contribution in [0, 0.1) is 0 Å². The molecular weight excluding hydrogens is 426 g/mol. The SMILES string of the molecule is CCOc1cc(C=CC(=O)N(C)C2CCN(CCc3ccccn3)CC2)cc(Cl)c1OC. The van der Waals surface area contributed by atoms with Gasteiger partial charge in [-0.2, -0.15) is 0 Å². The van der Waals surface area contributed by atoms with Crippen molar-refractivity contribution in [3.05, 3.63) is 58.9 Å². The molecule has 1 saturated heterocycles. The van der Waals surface area contributed by atoms with E-state index in [0.29, 0.717) is 23.1 Å². The van der Waals surface area contributed by atoms with E-state index in [1.807, 2.05) is 43.3 Å². The molecule has 32 heavy (non-hydrogen) atoms. The number of piperidine rings is 1. The molecule has 1 aromatic carbocycles. The summed E-state index contributed by atoms with van der Waals surface area (Å²) in [6, 6.07) is 9.89. The van der Waals surface area contributed by atoms with Crippen LogP contribution in [0.25, 0.3) is 6.08 Å². The summed E-state index contributed by atoms with van der Waals surface area (Å²) in [6.45, 7) is 5.39. The third-order valence-electron chi connectivity index (χ3n) is 5.82. The van der Waals surface area contributed by atoms with Crippen LogP contribution in [-0.4, -0.2) is 67.1 Å². The Morgan fingerprint density at radius 2 is 2.09 bits per heavy atom. The van der Waals surface area contributed by atoms with Crippen LogP contribution in [0.2, 0.25) is 5.02 Å². The van der Waals surface area contributed by atoms with Gasteiger partial charge in [-0.1, -0.05) is 17.7 Å². The zero-order valence-electron chi connectivity index (χ0n) is 19.1. The topological polar surface area (TPSA) is 54.9 Å². The molecule has 0 bridgehead atoms. The van der Waals surface area contributed by atoms with E-state index < -0.39 is 0 Å². The van der Waals surface area contributed by atoms with E-state index >= 15 is 0 Å². The number of hydrogen-bond acceptors (Lipinski definition) is 5. The maximum Gasteiger partial charge on any atom is 0.246 e. The van der Waals surface area contributed by atoms with E-state index in [-0.39, 0.29) is 11.9 Å². The number of halogens is 1. The summed E-state index contributed by atoms with van der Waals surface area (Å²) in [4.78, 5) is 21.5. The van der Waals surface area contributed by atoms with Crippen LogP contribution in [0.3, 0.4) is 0 Å². The number of aromatic nitrogens is 1. The number of nitrogens with zero attached hydrogens (tertiary/aromatic N) is 3. The summed E-state index contributed by atoms with van der Waals surface area (Å²) in [7, 11) is 3.44. The molecule has 1 fully saturated rings. The molecule has 1 aliphatic heterocycles. The summed E-state index contributed by atoms with van der Waals surface area (Å²) in [5, 5.41) is 0.456. The molecule has 3 rings (SSSR count). The third-order valence-corrected chi connectivity index (χ3v) is 6.10. The van der Waals surface area contributed by atoms with Crippen LogP contribution < -0.4 is 9.47 Å². The van der Waals surface area contributed by atoms with E-state index in [9.17, 15) is 4.79 Å². The Balaban J connectivity index is 1.52. The predicted molar refractivity (Wildman–Crippen MR) is 128 cm³/mol. The first-order valence-electron chi connectivity index (χ1n) is 11.1. The van der Waals surface area contributed by atoms with Gasteiger partial charge in [-0.25, -0.2) is 0 Å². The molecule has 0 unspecified atom stereocenters. The van der Waals surface area contributed by atoms with Crippen LogP contribution in [-0.2, 0) is 11.2 Å². The Labute approximate surface area is 195 Å². The molecule has 7 heteroatoms. The monoisotopic (exact) mass is 457 g/mol. The highest BCUT2D eigenvalue weighted by atomic mass is 35.5. The van der Waals surface area contributed by atoms with E-state index in [1.165, 1.54) is 0 Å². The standard InChI is InChI=1S/C25H32ClN3O3/c1-4-32-23-18-19(17-22(26)25(23)31-3)8-9-24(30)28(2)21-11-15-29(16-12-21)14-10-20-7-5-6-13-27-20/h5-9,13,17-18,21H,4,10-12,14-16H2,1-3H3. The van der Waals surface area contributed by atoms with Gasteiger partial charge in [0.25, 0.3) is 0 Å². The minimum atomic E-state index is -0.0122. The van der Waals surface area contributed by atoms with Crippen molar-refractivity contribution in [2.45, 2.75) is 32.2 Å². The zero-order valence-corrected chi connectivity index (χ0v) is 19.8. The van der Waals surface area contributed by atoms with Crippen molar-refractivity contribution in [2.75, 3.05) is 40.4 Å². The van der Waals surface area contributed by atoms with Gasteiger partial charge in [-0.05, 0) is 55.7 Å². The van der Waals surface area contributed by atoms with Crippen LogP contribution >= 0.6 is 11.6 Å². The number of methoxy groups -OCH3 is 1. The molecule has 0 spiro atoms. The first kappa shape index (κ1) is 24.1. The van der Waals surface area contributed by atoms with Crippen molar-refractivity contribution in [2.24, 2.45) is 0 Å². The van der Waals surface area contributed by atoms with Crippen molar-refractivity contribution >= 4 is 23.6 Å². The fraction of sp³-hybridized carbons (Fsp3) is 0.440. The number of hydrogen-bond donors (Lipinski definition) is 0. The minimum Gasteiger partial charge on any atom is -0.491 e. The molecule has 1 aromatic heterocycles. The van der Waals surface area contributed by atoms with Gasteiger partial charge in [0.1, 0.15) is 0 Å². The second-order valence-corrected chi connectivity index (χ2v) is 8.30. The average molecular weight is 458 g/mol. The summed E-state index contributed by atoms with van der Waals surface area (Å²) in [5.74, 6) is 1.06. The Bertz CT molecular complexity index is 912. The van der Waals surface area contributed by atoms with Crippen molar-refractivity contribution < 1.29 is 14.3 Å². The zero-order chi connectivity index (χ0) is 22.9. The normalized spacial score (nSPS) is 15.1. The maximum atomic E-state index is 12.8. The first-order valence-corrected chi connectivity index (χ1v) is 11.5. The van der Waals surface area contributed by atoms with Crippen molar-refractivity contribution in [1.82, 2.24) is 14.8 Å². The fourth-order valence-electron chi connectivity index (χ4n) is 3.96. The number of carbonyl (C=O) groups is 1. The highest BCUT2D eigenvalue weighted by molar-refractivity contribution is 6.32. The molecule has 6 nitrogen and oxygen atoms in total.